The molecule has 1 aromatic carbocycles. The molecule has 0 fully saturated rings. The first-order chi connectivity index (χ1) is 10.8. The molecule has 6 nitrogen and oxygen atoms in total. The van der Waals surface area contributed by atoms with E-state index in [1.165, 1.54) is 12.1 Å². The van der Waals surface area contributed by atoms with E-state index in [1.807, 2.05) is 6.92 Å². The van der Waals surface area contributed by atoms with Crippen LogP contribution in [0.3, 0.4) is 0 Å². The molecule has 124 valence electrons. The van der Waals surface area contributed by atoms with E-state index >= 15 is 0 Å². The number of tetrazole rings is 1. The second-order valence-electron chi connectivity index (χ2n) is 4.79. The summed E-state index contributed by atoms with van der Waals surface area (Å²) in [6.07, 6.45) is -3.20. The molecule has 0 spiro atoms. The predicted molar refractivity (Wildman–Crippen MR) is 84.6 cm³/mol. The van der Waals surface area contributed by atoms with Crippen LogP contribution in [0.2, 0.25) is 0 Å². The Morgan fingerprint density at radius 2 is 2.17 bits per heavy atom. The molecule has 1 heterocycles. The maximum atomic E-state index is 12.7. The number of rotatable bonds is 5. The zero-order valence-electron chi connectivity index (χ0n) is 12.0. The molecule has 1 amide bonds. The highest BCUT2D eigenvalue weighted by atomic mass is 127. The van der Waals surface area contributed by atoms with Crippen molar-refractivity contribution in [1.29, 1.82) is 0 Å². The molecule has 2 rings (SSSR count). The summed E-state index contributed by atoms with van der Waals surface area (Å²) in [6.45, 7) is 1.90. The first-order valence-corrected chi connectivity index (χ1v) is 7.81. The average molecular weight is 439 g/mol. The van der Waals surface area contributed by atoms with Crippen LogP contribution >= 0.6 is 22.6 Å². The summed E-state index contributed by atoms with van der Waals surface area (Å²) < 4.78 is 38.2. The van der Waals surface area contributed by atoms with Gasteiger partial charge in [-0.25, -0.2) is 0 Å². The molecule has 0 radical (unpaired) electrons. The van der Waals surface area contributed by atoms with Crippen molar-refractivity contribution in [2.75, 3.05) is 5.32 Å². The van der Waals surface area contributed by atoms with Gasteiger partial charge in [0.05, 0.1) is 5.56 Å². The number of carbonyl (C=O) groups is 1. The largest absolute Gasteiger partial charge is 0.417 e. The van der Waals surface area contributed by atoms with E-state index in [1.54, 1.807) is 22.6 Å². The Balaban J connectivity index is 2.17. The van der Waals surface area contributed by atoms with Gasteiger partial charge in [0.2, 0.25) is 5.91 Å². The summed E-state index contributed by atoms with van der Waals surface area (Å²) in [5.74, 6) is -0.742. The lowest BCUT2D eigenvalue weighted by Gasteiger charge is -2.14. The number of halogens is 4. The topological polar surface area (TPSA) is 83.6 Å². The van der Waals surface area contributed by atoms with Crippen molar-refractivity contribution in [3.8, 4) is 0 Å². The van der Waals surface area contributed by atoms with E-state index in [0.29, 0.717) is 6.42 Å². The van der Waals surface area contributed by atoms with Crippen LogP contribution in [0, 0.1) is 3.57 Å². The van der Waals surface area contributed by atoms with Gasteiger partial charge in [0.15, 0.2) is 5.82 Å². The lowest BCUT2D eigenvalue weighted by molar-refractivity contribution is -0.138. The number of nitrogens with zero attached hydrogens (tertiary/aromatic N) is 3. The van der Waals surface area contributed by atoms with E-state index < -0.39 is 17.7 Å². The van der Waals surface area contributed by atoms with Crippen molar-refractivity contribution in [2.45, 2.75) is 31.9 Å². The van der Waals surface area contributed by atoms with Gasteiger partial charge in [-0.2, -0.15) is 18.4 Å². The summed E-state index contributed by atoms with van der Waals surface area (Å²) in [7, 11) is 0. The zero-order valence-corrected chi connectivity index (χ0v) is 14.1. The second-order valence-corrected chi connectivity index (χ2v) is 5.96. The fourth-order valence-corrected chi connectivity index (χ4v) is 2.86. The Morgan fingerprint density at radius 1 is 1.43 bits per heavy atom. The van der Waals surface area contributed by atoms with Crippen LogP contribution in [0.25, 0.3) is 0 Å². The van der Waals surface area contributed by atoms with Gasteiger partial charge in [0, 0.05) is 9.26 Å². The minimum atomic E-state index is -4.42. The molecule has 2 aromatic rings. The first-order valence-electron chi connectivity index (χ1n) is 6.74. The molecule has 0 saturated carbocycles. The molecule has 0 bridgehead atoms. The number of amides is 1. The highest BCUT2D eigenvalue weighted by Gasteiger charge is 2.33. The van der Waals surface area contributed by atoms with Crippen molar-refractivity contribution in [3.05, 3.63) is 33.2 Å². The second kappa shape index (κ2) is 7.23. The number of alkyl halides is 3. The fraction of sp³-hybridized carbons (Fsp3) is 0.385. The van der Waals surface area contributed by atoms with Gasteiger partial charge >= 0.3 is 6.18 Å². The van der Waals surface area contributed by atoms with Gasteiger partial charge < -0.3 is 5.32 Å². The predicted octanol–water partition coefficient (Wildman–Crippen LogP) is 3.35. The minimum absolute atomic E-state index is 0.0134. The van der Waals surface area contributed by atoms with Gasteiger partial charge in [-0.1, -0.05) is 18.6 Å². The molecule has 23 heavy (non-hydrogen) atoms. The molecule has 0 aliphatic rings. The molecule has 2 N–H and O–H groups in total. The number of anilines is 1. The number of hydrogen-bond donors (Lipinski definition) is 2. The summed E-state index contributed by atoms with van der Waals surface area (Å²) in [5, 5.41) is 15.9. The van der Waals surface area contributed by atoms with Crippen LogP contribution in [-0.4, -0.2) is 26.5 Å². The van der Waals surface area contributed by atoms with Crippen molar-refractivity contribution < 1.29 is 18.0 Å². The molecule has 1 aromatic heterocycles. The van der Waals surface area contributed by atoms with Crippen LogP contribution < -0.4 is 5.32 Å². The lowest BCUT2D eigenvalue weighted by Crippen LogP contribution is -2.22. The standard InChI is InChI=1S/C13H13F3IN5O/c1-2-3-8(11-19-21-22-20-11)12(23)18-7-4-5-9(10(17)6-7)13(14,15)16/h4-6,8H,2-3H2,1H3,(H,18,23)(H,19,20,21,22). The van der Waals surface area contributed by atoms with Crippen LogP contribution in [0.15, 0.2) is 18.2 Å². The summed E-state index contributed by atoms with van der Waals surface area (Å²) >= 11 is 1.59. The molecule has 0 aliphatic heterocycles. The van der Waals surface area contributed by atoms with Gasteiger partial charge in [-0.3, -0.25) is 4.79 Å². The number of hydrogen-bond acceptors (Lipinski definition) is 4. The van der Waals surface area contributed by atoms with E-state index in [-0.39, 0.29) is 21.0 Å². The molecular formula is C13H13F3IN5O. The van der Waals surface area contributed by atoms with Crippen LogP contribution in [0.1, 0.15) is 37.1 Å². The number of nitrogens with one attached hydrogen (secondary N) is 2. The zero-order chi connectivity index (χ0) is 17.0. The third kappa shape index (κ3) is 4.39. The molecule has 1 atom stereocenters. The third-order valence-corrected chi connectivity index (χ3v) is 4.00. The van der Waals surface area contributed by atoms with Crippen molar-refractivity contribution in [3.63, 3.8) is 0 Å². The Morgan fingerprint density at radius 3 is 2.70 bits per heavy atom. The maximum Gasteiger partial charge on any atom is 0.417 e. The van der Waals surface area contributed by atoms with E-state index in [4.69, 9.17) is 0 Å². The van der Waals surface area contributed by atoms with Gasteiger partial charge in [0.1, 0.15) is 5.92 Å². The van der Waals surface area contributed by atoms with Crippen LogP contribution in [0.5, 0.6) is 0 Å². The number of benzene rings is 1. The molecule has 0 aliphatic carbocycles. The number of H-pyrrole nitrogens is 1. The highest BCUT2D eigenvalue weighted by molar-refractivity contribution is 14.1. The molecule has 1 unspecified atom stereocenters. The average Bonchev–Trinajstić information content (AvgIpc) is 2.97. The number of aromatic amines is 1. The van der Waals surface area contributed by atoms with Crippen molar-refractivity contribution in [1.82, 2.24) is 20.6 Å². The van der Waals surface area contributed by atoms with Crippen molar-refractivity contribution >= 4 is 34.2 Å². The smallest absolute Gasteiger partial charge is 0.325 e. The summed E-state index contributed by atoms with van der Waals surface area (Å²) in [6, 6.07) is 3.45. The van der Waals surface area contributed by atoms with Gasteiger partial charge in [-0.05, 0) is 47.2 Å². The molecule has 10 heteroatoms. The van der Waals surface area contributed by atoms with E-state index in [9.17, 15) is 18.0 Å². The highest BCUT2D eigenvalue weighted by Crippen LogP contribution is 2.34. The Labute approximate surface area is 143 Å². The lowest BCUT2D eigenvalue weighted by atomic mass is 10.0. The third-order valence-electron chi connectivity index (χ3n) is 3.11. The SMILES string of the molecule is CCCC(C(=O)Nc1ccc(C(F)(F)F)c(I)c1)c1nn[nH]n1. The van der Waals surface area contributed by atoms with E-state index in [2.05, 4.69) is 25.9 Å². The van der Waals surface area contributed by atoms with E-state index in [0.717, 1.165) is 12.5 Å². The Hall–Kier alpha value is -1.72. The Bertz CT molecular complexity index is 675. The molecular weight excluding hydrogens is 426 g/mol. The van der Waals surface area contributed by atoms with Crippen molar-refractivity contribution in [2.24, 2.45) is 0 Å². The van der Waals surface area contributed by atoms with Gasteiger partial charge in [-0.15, -0.1) is 10.2 Å². The summed E-state index contributed by atoms with van der Waals surface area (Å²) in [5.41, 5.74) is -0.448. The monoisotopic (exact) mass is 439 g/mol. The number of carbonyl (C=O) groups excluding carboxylic acids is 1. The molecule has 0 saturated heterocycles. The Kier molecular flexibility index (Phi) is 5.55. The fourth-order valence-electron chi connectivity index (χ4n) is 2.04. The first kappa shape index (κ1) is 17.6. The maximum absolute atomic E-state index is 12.7. The number of aromatic nitrogens is 4. The van der Waals surface area contributed by atoms with Crippen LogP contribution in [0.4, 0.5) is 18.9 Å². The normalized spacial score (nSPS) is 12.9. The quantitative estimate of drug-likeness (QED) is 0.701. The van der Waals surface area contributed by atoms with Crippen LogP contribution in [-0.2, 0) is 11.0 Å². The summed E-state index contributed by atoms with van der Waals surface area (Å²) in [4.78, 5) is 12.3. The minimum Gasteiger partial charge on any atom is -0.325 e. The van der Waals surface area contributed by atoms with Gasteiger partial charge in [0.25, 0.3) is 0 Å².